The van der Waals surface area contributed by atoms with Gasteiger partial charge in [0.15, 0.2) is 0 Å². The zero-order chi connectivity index (χ0) is 16.1. The fourth-order valence-electron chi connectivity index (χ4n) is 1.86. The van der Waals surface area contributed by atoms with Gasteiger partial charge in [-0.15, -0.1) is 0 Å². The molecule has 0 aliphatic rings. The van der Waals surface area contributed by atoms with E-state index >= 15 is 0 Å². The first-order chi connectivity index (χ1) is 10.5. The molecule has 0 saturated heterocycles. The lowest BCUT2D eigenvalue weighted by atomic mass is 10.1. The van der Waals surface area contributed by atoms with Crippen molar-refractivity contribution in [2.24, 2.45) is 0 Å². The molecule has 0 unspecified atom stereocenters. The average Bonchev–Trinajstić information content (AvgIpc) is 2.53. The molecule has 0 fully saturated rings. The first kappa shape index (κ1) is 16.0. The second kappa shape index (κ2) is 7.09. The number of halogens is 1. The van der Waals surface area contributed by atoms with E-state index in [-0.39, 0.29) is 0 Å². The molecular weight excluding hydrogens is 348 g/mol. The van der Waals surface area contributed by atoms with Crippen LogP contribution in [0.1, 0.15) is 26.3 Å². The van der Waals surface area contributed by atoms with Crippen LogP contribution in [-0.4, -0.2) is 18.9 Å². The predicted octanol–water partition coefficient (Wildman–Crippen LogP) is 2.84. The van der Waals surface area contributed by atoms with Crippen molar-refractivity contribution in [1.29, 1.82) is 0 Å². The molecule has 0 atom stereocenters. The van der Waals surface area contributed by atoms with E-state index in [2.05, 4.69) is 26.8 Å². The topological polar surface area (TPSA) is 67.4 Å². The summed E-state index contributed by atoms with van der Waals surface area (Å²) in [6, 6.07) is 12.0. The van der Waals surface area contributed by atoms with Crippen molar-refractivity contribution in [3.8, 4) is 5.75 Å². The fourth-order valence-corrected chi connectivity index (χ4v) is 2.32. The van der Waals surface area contributed by atoms with Crippen LogP contribution in [0.4, 0.5) is 0 Å². The fraction of sp³-hybridized carbons (Fsp3) is 0.125. The summed E-state index contributed by atoms with van der Waals surface area (Å²) in [7, 11) is 1.54. The SMILES string of the molecule is COc1cc(C(=O)NNC(=O)c2ccccc2Br)ccc1C. The first-order valence-electron chi connectivity index (χ1n) is 6.52. The van der Waals surface area contributed by atoms with Crippen molar-refractivity contribution in [3.63, 3.8) is 0 Å². The molecule has 0 aliphatic carbocycles. The highest BCUT2D eigenvalue weighted by Gasteiger charge is 2.12. The number of amides is 2. The maximum atomic E-state index is 12.1. The summed E-state index contributed by atoms with van der Waals surface area (Å²) in [5.74, 6) is -0.205. The Bertz CT molecular complexity index is 716. The summed E-state index contributed by atoms with van der Waals surface area (Å²) < 4.78 is 5.82. The van der Waals surface area contributed by atoms with Crippen LogP contribution in [0.15, 0.2) is 46.9 Å². The van der Waals surface area contributed by atoms with Gasteiger partial charge in [0.25, 0.3) is 11.8 Å². The third kappa shape index (κ3) is 3.65. The Kier molecular flexibility index (Phi) is 5.16. The van der Waals surface area contributed by atoms with Crippen molar-refractivity contribution < 1.29 is 14.3 Å². The van der Waals surface area contributed by atoms with Gasteiger partial charge in [0.1, 0.15) is 5.75 Å². The monoisotopic (exact) mass is 362 g/mol. The Hall–Kier alpha value is -2.34. The standard InChI is InChI=1S/C16H15BrN2O3/c1-10-7-8-11(9-14(10)22-2)15(20)18-19-16(21)12-5-3-4-6-13(12)17/h3-9H,1-2H3,(H,18,20)(H,19,21). The number of ether oxygens (including phenoxy) is 1. The molecule has 22 heavy (non-hydrogen) atoms. The van der Waals surface area contributed by atoms with Gasteiger partial charge in [-0.2, -0.15) is 0 Å². The molecule has 0 heterocycles. The number of benzene rings is 2. The van der Waals surface area contributed by atoms with Gasteiger partial charge in [0.2, 0.25) is 0 Å². The van der Waals surface area contributed by atoms with Crippen LogP contribution >= 0.6 is 15.9 Å². The minimum Gasteiger partial charge on any atom is -0.496 e. The van der Waals surface area contributed by atoms with E-state index in [4.69, 9.17) is 4.74 Å². The third-order valence-electron chi connectivity index (χ3n) is 3.08. The summed E-state index contributed by atoms with van der Waals surface area (Å²) in [5, 5.41) is 0. The van der Waals surface area contributed by atoms with Crippen molar-refractivity contribution in [3.05, 3.63) is 63.6 Å². The molecule has 0 spiro atoms. The van der Waals surface area contributed by atoms with E-state index in [0.29, 0.717) is 21.3 Å². The number of carbonyl (C=O) groups excluding carboxylic acids is 2. The first-order valence-corrected chi connectivity index (χ1v) is 7.32. The normalized spacial score (nSPS) is 9.95. The van der Waals surface area contributed by atoms with Crippen molar-refractivity contribution in [2.45, 2.75) is 6.92 Å². The molecule has 0 bridgehead atoms. The highest BCUT2D eigenvalue weighted by atomic mass is 79.9. The maximum absolute atomic E-state index is 12.1. The molecule has 0 aliphatic heterocycles. The molecule has 0 radical (unpaired) electrons. The smallest absolute Gasteiger partial charge is 0.270 e. The second-order valence-electron chi connectivity index (χ2n) is 4.57. The number of hydrogen-bond acceptors (Lipinski definition) is 3. The van der Waals surface area contributed by atoms with Gasteiger partial charge in [-0.05, 0) is 52.7 Å². The second-order valence-corrected chi connectivity index (χ2v) is 5.43. The molecule has 0 saturated carbocycles. The van der Waals surface area contributed by atoms with E-state index in [9.17, 15) is 9.59 Å². The van der Waals surface area contributed by atoms with Crippen LogP contribution in [0.25, 0.3) is 0 Å². The van der Waals surface area contributed by atoms with Crippen LogP contribution in [0.5, 0.6) is 5.75 Å². The van der Waals surface area contributed by atoms with Gasteiger partial charge >= 0.3 is 0 Å². The van der Waals surface area contributed by atoms with Gasteiger partial charge in [0, 0.05) is 10.0 Å². The van der Waals surface area contributed by atoms with Gasteiger partial charge in [-0.3, -0.25) is 20.4 Å². The summed E-state index contributed by atoms with van der Waals surface area (Å²) in [5.41, 5.74) is 6.52. The van der Waals surface area contributed by atoms with E-state index in [1.807, 2.05) is 6.92 Å². The van der Waals surface area contributed by atoms with Crippen molar-refractivity contribution >= 4 is 27.7 Å². The molecule has 2 aromatic carbocycles. The van der Waals surface area contributed by atoms with E-state index in [1.165, 1.54) is 0 Å². The molecule has 5 nitrogen and oxygen atoms in total. The molecule has 114 valence electrons. The lowest BCUT2D eigenvalue weighted by molar-refractivity contribution is 0.0846. The third-order valence-corrected chi connectivity index (χ3v) is 3.77. The zero-order valence-electron chi connectivity index (χ0n) is 12.1. The van der Waals surface area contributed by atoms with E-state index in [1.54, 1.807) is 49.6 Å². The number of methoxy groups -OCH3 is 1. The quantitative estimate of drug-likeness (QED) is 0.825. The summed E-state index contributed by atoms with van der Waals surface area (Å²) in [4.78, 5) is 24.0. The van der Waals surface area contributed by atoms with Crippen LogP contribution in [-0.2, 0) is 0 Å². The Morgan fingerprint density at radius 2 is 1.73 bits per heavy atom. The van der Waals surface area contributed by atoms with Gasteiger partial charge in [0.05, 0.1) is 12.7 Å². The molecule has 2 amide bonds. The maximum Gasteiger partial charge on any atom is 0.270 e. The number of nitrogens with one attached hydrogen (secondary N) is 2. The Labute approximate surface area is 136 Å². The molecule has 2 N–H and O–H groups in total. The average molecular weight is 363 g/mol. The number of rotatable bonds is 3. The number of hydrazine groups is 1. The van der Waals surface area contributed by atoms with Gasteiger partial charge in [-0.25, -0.2) is 0 Å². The lowest BCUT2D eigenvalue weighted by Gasteiger charge is -2.10. The van der Waals surface area contributed by atoms with Crippen molar-refractivity contribution in [2.75, 3.05) is 7.11 Å². The minimum absolute atomic E-state index is 0.398. The molecule has 6 heteroatoms. The minimum atomic E-state index is -0.418. The zero-order valence-corrected chi connectivity index (χ0v) is 13.7. The van der Waals surface area contributed by atoms with Crippen molar-refractivity contribution in [1.82, 2.24) is 10.9 Å². The molecule has 0 aromatic heterocycles. The summed E-state index contributed by atoms with van der Waals surface area (Å²) in [6.45, 7) is 1.88. The molecular formula is C16H15BrN2O3. The Balaban J connectivity index is 2.04. The highest BCUT2D eigenvalue weighted by molar-refractivity contribution is 9.10. The Morgan fingerprint density at radius 3 is 2.41 bits per heavy atom. The predicted molar refractivity (Wildman–Crippen MR) is 86.8 cm³/mol. The summed E-state index contributed by atoms with van der Waals surface area (Å²) in [6.07, 6.45) is 0. The van der Waals surface area contributed by atoms with E-state index in [0.717, 1.165) is 5.56 Å². The number of hydrogen-bond donors (Lipinski definition) is 2. The van der Waals surface area contributed by atoms with Gasteiger partial charge in [-0.1, -0.05) is 18.2 Å². The van der Waals surface area contributed by atoms with Gasteiger partial charge < -0.3 is 4.74 Å². The largest absolute Gasteiger partial charge is 0.496 e. The van der Waals surface area contributed by atoms with Crippen LogP contribution in [0.3, 0.4) is 0 Å². The number of carbonyl (C=O) groups is 2. The molecule has 2 aromatic rings. The molecule has 2 rings (SSSR count). The lowest BCUT2D eigenvalue weighted by Crippen LogP contribution is -2.41. The summed E-state index contributed by atoms with van der Waals surface area (Å²) >= 11 is 3.29. The van der Waals surface area contributed by atoms with Crippen LogP contribution in [0.2, 0.25) is 0 Å². The Morgan fingerprint density at radius 1 is 1.05 bits per heavy atom. The van der Waals surface area contributed by atoms with Crippen LogP contribution in [0, 0.1) is 6.92 Å². The van der Waals surface area contributed by atoms with Crippen LogP contribution < -0.4 is 15.6 Å². The number of aryl methyl sites for hydroxylation is 1. The van der Waals surface area contributed by atoms with E-state index < -0.39 is 11.8 Å². The highest BCUT2D eigenvalue weighted by Crippen LogP contribution is 2.19.